The fourth-order valence-corrected chi connectivity index (χ4v) is 2.47. The number of ketones is 1. The number of rotatable bonds is 6. The van der Waals surface area contributed by atoms with Gasteiger partial charge >= 0.3 is 6.18 Å². The van der Waals surface area contributed by atoms with E-state index in [1.165, 1.54) is 12.3 Å². The first kappa shape index (κ1) is 18.9. The van der Waals surface area contributed by atoms with E-state index in [-0.39, 0.29) is 35.2 Å². The smallest absolute Gasteiger partial charge is 0.347 e. The van der Waals surface area contributed by atoms with Gasteiger partial charge in [-0.1, -0.05) is 0 Å². The summed E-state index contributed by atoms with van der Waals surface area (Å²) in [5.41, 5.74) is -1.34. The van der Waals surface area contributed by atoms with Crippen LogP contribution in [0.15, 0.2) is 30.5 Å². The Hall–Kier alpha value is -2.84. The summed E-state index contributed by atoms with van der Waals surface area (Å²) in [7, 11) is 0. The summed E-state index contributed by atoms with van der Waals surface area (Å²) in [5.74, 6) is -1.31. The summed E-state index contributed by atoms with van der Waals surface area (Å²) in [6, 6.07) is 3.29. The van der Waals surface area contributed by atoms with E-state index in [9.17, 15) is 27.2 Å². The van der Waals surface area contributed by atoms with Crippen molar-refractivity contribution < 1.29 is 27.2 Å². The van der Waals surface area contributed by atoms with Crippen molar-refractivity contribution in [3.63, 3.8) is 0 Å². The summed E-state index contributed by atoms with van der Waals surface area (Å²) in [5, 5.41) is 2.33. The molecule has 0 spiro atoms. The highest BCUT2D eigenvalue weighted by atomic mass is 19.4. The van der Waals surface area contributed by atoms with Crippen molar-refractivity contribution >= 4 is 11.7 Å². The minimum Gasteiger partial charge on any atom is -0.347 e. The van der Waals surface area contributed by atoms with Crippen molar-refractivity contribution in [3.05, 3.63) is 58.9 Å². The number of hydrogen-bond donors (Lipinski definition) is 1. The van der Waals surface area contributed by atoms with Gasteiger partial charge in [0.05, 0.1) is 12.0 Å². The van der Waals surface area contributed by atoms with Gasteiger partial charge in [-0.3, -0.25) is 9.59 Å². The molecule has 0 atom stereocenters. The van der Waals surface area contributed by atoms with E-state index in [1.807, 2.05) is 0 Å². The van der Waals surface area contributed by atoms with E-state index in [2.05, 4.69) is 15.3 Å². The lowest BCUT2D eigenvalue weighted by Crippen LogP contribution is -2.25. The molecule has 0 saturated heterocycles. The van der Waals surface area contributed by atoms with Crippen LogP contribution in [0.1, 0.15) is 40.3 Å². The lowest BCUT2D eigenvalue weighted by Gasteiger charge is -2.11. The maximum Gasteiger partial charge on any atom is 0.416 e. The number of carbonyl (C=O) groups is 2. The SMILES string of the molecule is O=C(NCc1cc(C(F)(F)F)ccc1F)c1ccnc(CC(=O)C2CC2)n1. The van der Waals surface area contributed by atoms with Crippen molar-refractivity contribution in [2.24, 2.45) is 5.92 Å². The zero-order valence-electron chi connectivity index (χ0n) is 14.0. The van der Waals surface area contributed by atoms with Crippen molar-refractivity contribution in [2.45, 2.75) is 32.0 Å². The Morgan fingerprint density at radius 2 is 1.93 bits per heavy atom. The number of alkyl halides is 3. The van der Waals surface area contributed by atoms with E-state index in [4.69, 9.17) is 0 Å². The van der Waals surface area contributed by atoms with E-state index >= 15 is 0 Å². The molecule has 9 heteroatoms. The zero-order chi connectivity index (χ0) is 19.6. The minimum absolute atomic E-state index is 0.0126. The normalized spacial score (nSPS) is 14.1. The van der Waals surface area contributed by atoms with Crippen LogP contribution in [0.2, 0.25) is 0 Å². The predicted molar refractivity (Wildman–Crippen MR) is 86.0 cm³/mol. The molecular weight excluding hydrogens is 366 g/mol. The van der Waals surface area contributed by atoms with Crippen LogP contribution in [0.3, 0.4) is 0 Å². The third kappa shape index (κ3) is 4.87. The molecule has 27 heavy (non-hydrogen) atoms. The maximum atomic E-state index is 13.7. The average molecular weight is 381 g/mol. The molecule has 1 N–H and O–H groups in total. The first-order valence-corrected chi connectivity index (χ1v) is 8.22. The zero-order valence-corrected chi connectivity index (χ0v) is 14.0. The number of halogens is 4. The largest absolute Gasteiger partial charge is 0.416 e. The van der Waals surface area contributed by atoms with Gasteiger partial charge < -0.3 is 5.32 Å². The summed E-state index contributed by atoms with van der Waals surface area (Å²) >= 11 is 0. The Kier molecular flexibility index (Phi) is 5.20. The third-order valence-electron chi connectivity index (χ3n) is 4.12. The van der Waals surface area contributed by atoms with Crippen LogP contribution < -0.4 is 5.32 Å². The summed E-state index contributed by atoms with van der Waals surface area (Å²) in [6.45, 7) is -0.436. The molecular formula is C18H15F4N3O2. The highest BCUT2D eigenvalue weighted by Gasteiger charge is 2.31. The molecule has 2 aromatic rings. The molecule has 1 saturated carbocycles. The number of aromatic nitrogens is 2. The Morgan fingerprint density at radius 3 is 2.59 bits per heavy atom. The molecule has 1 heterocycles. The van der Waals surface area contributed by atoms with Crippen molar-refractivity contribution in [2.75, 3.05) is 0 Å². The van der Waals surface area contributed by atoms with Crippen LogP contribution in [-0.2, 0) is 23.9 Å². The molecule has 0 bridgehead atoms. The van der Waals surface area contributed by atoms with Crippen molar-refractivity contribution in [3.8, 4) is 0 Å². The van der Waals surface area contributed by atoms with Gasteiger partial charge in [-0.2, -0.15) is 13.2 Å². The van der Waals surface area contributed by atoms with Crippen LogP contribution in [0, 0.1) is 11.7 Å². The number of nitrogens with one attached hydrogen (secondary N) is 1. The van der Waals surface area contributed by atoms with Gasteiger partial charge in [0.25, 0.3) is 5.91 Å². The molecule has 1 aliphatic carbocycles. The highest BCUT2D eigenvalue weighted by molar-refractivity contribution is 5.92. The number of hydrogen-bond acceptors (Lipinski definition) is 4. The van der Waals surface area contributed by atoms with Crippen molar-refractivity contribution in [1.82, 2.24) is 15.3 Å². The Bertz CT molecular complexity index is 879. The van der Waals surface area contributed by atoms with Crippen LogP contribution >= 0.6 is 0 Å². The standard InChI is InChI=1S/C18H15F4N3O2/c19-13-4-3-12(18(20,21)22)7-11(13)9-24-17(27)14-5-6-23-16(25-14)8-15(26)10-1-2-10/h3-7,10H,1-2,8-9H2,(H,24,27). The fraction of sp³-hybridized carbons (Fsp3) is 0.333. The maximum absolute atomic E-state index is 13.7. The summed E-state index contributed by atoms with van der Waals surface area (Å²) in [6.07, 6.45) is -1.57. The summed E-state index contributed by atoms with van der Waals surface area (Å²) in [4.78, 5) is 31.9. The predicted octanol–water partition coefficient (Wildman–Crippen LogP) is 3.09. The highest BCUT2D eigenvalue weighted by Crippen LogP contribution is 2.31. The molecule has 0 aliphatic heterocycles. The Balaban J connectivity index is 1.66. The molecule has 1 fully saturated rings. The first-order valence-electron chi connectivity index (χ1n) is 8.22. The van der Waals surface area contributed by atoms with Gasteiger partial charge in [0, 0.05) is 24.2 Å². The van der Waals surface area contributed by atoms with Gasteiger partial charge in [0.2, 0.25) is 0 Å². The number of Topliss-reactive ketones (excluding diaryl/α,β-unsaturated/α-hetero) is 1. The van der Waals surface area contributed by atoms with Crippen LogP contribution in [-0.4, -0.2) is 21.7 Å². The van der Waals surface area contributed by atoms with Gasteiger partial charge in [-0.15, -0.1) is 0 Å². The quantitative estimate of drug-likeness (QED) is 0.781. The molecule has 1 aliphatic rings. The summed E-state index contributed by atoms with van der Waals surface area (Å²) < 4.78 is 51.9. The van der Waals surface area contributed by atoms with Crippen LogP contribution in [0.4, 0.5) is 17.6 Å². The van der Waals surface area contributed by atoms with Gasteiger partial charge in [-0.25, -0.2) is 14.4 Å². The molecule has 5 nitrogen and oxygen atoms in total. The van der Waals surface area contributed by atoms with Crippen LogP contribution in [0.25, 0.3) is 0 Å². The molecule has 1 aromatic heterocycles. The molecule has 3 rings (SSSR count). The number of benzene rings is 1. The Morgan fingerprint density at radius 1 is 1.19 bits per heavy atom. The monoisotopic (exact) mass is 381 g/mol. The van der Waals surface area contributed by atoms with E-state index in [0.717, 1.165) is 12.8 Å². The number of carbonyl (C=O) groups excluding carboxylic acids is 2. The number of amides is 1. The van der Waals surface area contributed by atoms with E-state index in [0.29, 0.717) is 18.2 Å². The van der Waals surface area contributed by atoms with Gasteiger partial charge in [0.15, 0.2) is 0 Å². The number of nitrogens with zero attached hydrogens (tertiary/aromatic N) is 2. The molecule has 0 radical (unpaired) electrons. The minimum atomic E-state index is -4.61. The molecule has 1 aromatic carbocycles. The third-order valence-corrected chi connectivity index (χ3v) is 4.12. The first-order chi connectivity index (χ1) is 12.7. The molecule has 0 unspecified atom stereocenters. The Labute approximate surface area is 151 Å². The molecule has 1 amide bonds. The molecule has 142 valence electrons. The second-order valence-corrected chi connectivity index (χ2v) is 6.26. The van der Waals surface area contributed by atoms with Crippen molar-refractivity contribution in [1.29, 1.82) is 0 Å². The second-order valence-electron chi connectivity index (χ2n) is 6.26. The average Bonchev–Trinajstić information content (AvgIpc) is 3.45. The lowest BCUT2D eigenvalue weighted by atomic mass is 10.1. The van der Waals surface area contributed by atoms with Gasteiger partial charge in [-0.05, 0) is 37.1 Å². The second kappa shape index (κ2) is 7.42. The lowest BCUT2D eigenvalue weighted by molar-refractivity contribution is -0.137. The van der Waals surface area contributed by atoms with E-state index < -0.39 is 30.0 Å². The fourth-order valence-electron chi connectivity index (χ4n) is 2.47. The van der Waals surface area contributed by atoms with E-state index in [1.54, 1.807) is 0 Å². The van der Waals surface area contributed by atoms with Crippen LogP contribution in [0.5, 0.6) is 0 Å². The van der Waals surface area contributed by atoms with Gasteiger partial charge in [0.1, 0.15) is 23.1 Å². The topological polar surface area (TPSA) is 72.0 Å².